The number of rotatable bonds is 6. The van der Waals surface area contributed by atoms with Crippen LogP contribution >= 0.6 is 12.4 Å². The quantitative estimate of drug-likeness (QED) is 0.811. The number of nitrogens with zero attached hydrogens (tertiary/aromatic N) is 3. The molecule has 1 aliphatic rings. The van der Waals surface area contributed by atoms with Crippen molar-refractivity contribution in [3.63, 3.8) is 0 Å². The van der Waals surface area contributed by atoms with Crippen LogP contribution in [0.15, 0.2) is 28.8 Å². The van der Waals surface area contributed by atoms with Crippen LogP contribution in [0.25, 0.3) is 0 Å². The molecule has 3 rings (SSSR count). The molecule has 2 heterocycles. The van der Waals surface area contributed by atoms with E-state index >= 15 is 0 Å². The molecule has 0 bridgehead atoms. The Morgan fingerprint density at radius 2 is 2.07 bits per heavy atom. The van der Waals surface area contributed by atoms with E-state index in [4.69, 9.17) is 9.26 Å². The summed E-state index contributed by atoms with van der Waals surface area (Å²) in [4.78, 5) is 18.7. The molecule has 1 amide bonds. The molecule has 0 radical (unpaired) electrons. The first-order chi connectivity index (χ1) is 12.5. The Hall–Kier alpha value is -2.12. The van der Waals surface area contributed by atoms with Gasteiger partial charge >= 0.3 is 0 Å². The first-order valence-electron chi connectivity index (χ1n) is 8.92. The minimum Gasteiger partial charge on any atom is -0.497 e. The van der Waals surface area contributed by atoms with Gasteiger partial charge in [0.05, 0.1) is 19.1 Å². The maximum absolute atomic E-state index is 12.3. The van der Waals surface area contributed by atoms with Crippen molar-refractivity contribution in [2.45, 2.75) is 44.2 Å². The van der Waals surface area contributed by atoms with Crippen molar-refractivity contribution in [1.29, 1.82) is 0 Å². The maximum Gasteiger partial charge on any atom is 0.232 e. The van der Waals surface area contributed by atoms with Gasteiger partial charge in [-0.3, -0.25) is 4.79 Å². The molecule has 2 aromatic rings. The van der Waals surface area contributed by atoms with E-state index in [-0.39, 0.29) is 36.3 Å². The summed E-state index contributed by atoms with van der Waals surface area (Å²) in [7, 11) is 5.39. The average molecular weight is 395 g/mol. The number of nitrogens with one attached hydrogen (secondary N) is 1. The van der Waals surface area contributed by atoms with Gasteiger partial charge in [0.1, 0.15) is 5.75 Å². The van der Waals surface area contributed by atoms with Gasteiger partial charge in [-0.05, 0) is 38.1 Å². The highest BCUT2D eigenvalue weighted by molar-refractivity contribution is 5.85. The number of likely N-dealkylation sites (tertiary alicyclic amines) is 1. The van der Waals surface area contributed by atoms with Crippen LogP contribution in [0.1, 0.15) is 49.0 Å². The summed E-state index contributed by atoms with van der Waals surface area (Å²) < 4.78 is 10.8. The SMILES string of the molecule is CNC(C)Cc1noc(C2CCC(=O)N(C)C2c2ccc(OC)cc2)n1.Cl. The largest absolute Gasteiger partial charge is 0.497 e. The molecular weight excluding hydrogens is 368 g/mol. The third kappa shape index (κ3) is 4.59. The lowest BCUT2D eigenvalue weighted by Crippen LogP contribution is -2.39. The van der Waals surface area contributed by atoms with E-state index in [2.05, 4.69) is 22.4 Å². The molecule has 3 atom stereocenters. The van der Waals surface area contributed by atoms with Gasteiger partial charge in [-0.25, -0.2) is 0 Å². The lowest BCUT2D eigenvalue weighted by Gasteiger charge is -2.37. The molecule has 7 nitrogen and oxygen atoms in total. The molecule has 0 saturated carbocycles. The highest BCUT2D eigenvalue weighted by atomic mass is 35.5. The highest BCUT2D eigenvalue weighted by Gasteiger charge is 2.38. The molecule has 27 heavy (non-hydrogen) atoms. The lowest BCUT2D eigenvalue weighted by molar-refractivity contribution is -0.135. The zero-order chi connectivity index (χ0) is 18.7. The number of piperidine rings is 1. The van der Waals surface area contributed by atoms with Gasteiger partial charge in [0, 0.05) is 25.9 Å². The number of methoxy groups -OCH3 is 1. The van der Waals surface area contributed by atoms with Crippen molar-refractivity contribution < 1.29 is 14.1 Å². The Kier molecular flexibility index (Phi) is 7.21. The van der Waals surface area contributed by atoms with Gasteiger partial charge < -0.3 is 19.5 Å². The van der Waals surface area contributed by atoms with Crippen LogP contribution in [0, 0.1) is 0 Å². The van der Waals surface area contributed by atoms with Crippen LogP contribution in [-0.4, -0.2) is 48.2 Å². The van der Waals surface area contributed by atoms with Gasteiger partial charge in [0.25, 0.3) is 0 Å². The molecule has 3 unspecified atom stereocenters. The van der Waals surface area contributed by atoms with Crippen LogP contribution in [0.3, 0.4) is 0 Å². The van der Waals surface area contributed by atoms with Crippen molar-refractivity contribution in [3.05, 3.63) is 41.5 Å². The summed E-state index contributed by atoms with van der Waals surface area (Å²) in [5.74, 6) is 2.19. The van der Waals surface area contributed by atoms with E-state index in [1.54, 1.807) is 12.0 Å². The number of aromatic nitrogens is 2. The topological polar surface area (TPSA) is 80.5 Å². The number of amides is 1. The average Bonchev–Trinajstić information content (AvgIpc) is 3.12. The molecule has 8 heteroatoms. The molecule has 1 N–H and O–H groups in total. The standard InChI is InChI=1S/C19H26N4O3.ClH/c1-12(20-2)11-16-21-19(26-22-16)15-9-10-17(24)23(3)18(15)13-5-7-14(25-4)8-6-13;/h5-8,12,15,18,20H,9-11H2,1-4H3;1H. The Morgan fingerprint density at radius 3 is 2.70 bits per heavy atom. The van der Waals surface area contributed by atoms with E-state index in [1.165, 1.54) is 0 Å². The third-order valence-electron chi connectivity index (χ3n) is 5.10. The Balaban J connectivity index is 0.00000261. The van der Waals surface area contributed by atoms with Crippen LogP contribution in [-0.2, 0) is 11.2 Å². The zero-order valence-corrected chi connectivity index (χ0v) is 17.0. The number of hydrogen-bond acceptors (Lipinski definition) is 6. The molecular formula is C19H27ClN4O3. The molecule has 0 spiro atoms. The van der Waals surface area contributed by atoms with Gasteiger partial charge in [-0.15, -0.1) is 12.4 Å². The minimum atomic E-state index is -0.128. The van der Waals surface area contributed by atoms with Crippen LogP contribution in [0.2, 0.25) is 0 Å². The van der Waals surface area contributed by atoms with Crippen LogP contribution < -0.4 is 10.1 Å². The van der Waals surface area contributed by atoms with Crippen molar-refractivity contribution in [2.24, 2.45) is 0 Å². The summed E-state index contributed by atoms with van der Waals surface area (Å²) in [6, 6.07) is 7.95. The Labute approximate surface area is 165 Å². The van der Waals surface area contributed by atoms with E-state index in [1.807, 2.05) is 38.4 Å². The summed E-state index contributed by atoms with van der Waals surface area (Å²) in [6.07, 6.45) is 1.89. The highest BCUT2D eigenvalue weighted by Crippen LogP contribution is 2.42. The second-order valence-electron chi connectivity index (χ2n) is 6.81. The van der Waals surface area contributed by atoms with Crippen LogP contribution in [0.5, 0.6) is 5.75 Å². The zero-order valence-electron chi connectivity index (χ0n) is 16.1. The molecule has 1 aliphatic heterocycles. The molecule has 1 aromatic heterocycles. The molecule has 1 saturated heterocycles. The summed E-state index contributed by atoms with van der Waals surface area (Å²) in [6.45, 7) is 2.07. The van der Waals surface area contributed by atoms with E-state index in [9.17, 15) is 4.79 Å². The number of carbonyl (C=O) groups excluding carboxylic acids is 1. The normalized spacial score (nSPS) is 20.9. The number of benzene rings is 1. The molecule has 148 valence electrons. The number of ether oxygens (including phenoxy) is 1. The maximum atomic E-state index is 12.3. The summed E-state index contributed by atoms with van der Waals surface area (Å²) in [5, 5.41) is 7.30. The van der Waals surface area contributed by atoms with Gasteiger partial charge in [-0.1, -0.05) is 17.3 Å². The van der Waals surface area contributed by atoms with Gasteiger partial charge in [-0.2, -0.15) is 4.98 Å². The fourth-order valence-electron chi connectivity index (χ4n) is 3.43. The monoisotopic (exact) mass is 394 g/mol. The molecule has 1 fully saturated rings. The van der Waals surface area contributed by atoms with Crippen molar-refractivity contribution in [1.82, 2.24) is 20.4 Å². The fraction of sp³-hybridized carbons (Fsp3) is 0.526. The van der Waals surface area contributed by atoms with Crippen LogP contribution in [0.4, 0.5) is 0 Å². The second kappa shape index (κ2) is 9.19. The van der Waals surface area contributed by atoms with Crippen molar-refractivity contribution >= 4 is 18.3 Å². The number of carbonyl (C=O) groups is 1. The first kappa shape index (κ1) is 21.2. The van der Waals surface area contributed by atoms with E-state index in [0.29, 0.717) is 31.0 Å². The predicted molar refractivity (Wildman–Crippen MR) is 104 cm³/mol. The summed E-state index contributed by atoms with van der Waals surface area (Å²) >= 11 is 0. The lowest BCUT2D eigenvalue weighted by atomic mass is 9.84. The summed E-state index contributed by atoms with van der Waals surface area (Å²) in [5.41, 5.74) is 1.04. The fourth-order valence-corrected chi connectivity index (χ4v) is 3.43. The number of likely N-dealkylation sites (N-methyl/N-ethyl adjacent to an activating group) is 2. The van der Waals surface area contributed by atoms with Gasteiger partial charge in [0.15, 0.2) is 5.82 Å². The van der Waals surface area contributed by atoms with Gasteiger partial charge in [0.2, 0.25) is 11.8 Å². The predicted octanol–water partition coefficient (Wildman–Crippen LogP) is 2.73. The van der Waals surface area contributed by atoms with E-state index in [0.717, 1.165) is 11.3 Å². The van der Waals surface area contributed by atoms with Crippen molar-refractivity contribution in [3.8, 4) is 5.75 Å². The minimum absolute atomic E-state index is 0. The molecule has 1 aromatic carbocycles. The van der Waals surface area contributed by atoms with Crippen molar-refractivity contribution in [2.75, 3.05) is 21.2 Å². The Bertz CT molecular complexity index is 750. The molecule has 0 aliphatic carbocycles. The first-order valence-corrected chi connectivity index (χ1v) is 8.92. The third-order valence-corrected chi connectivity index (χ3v) is 5.10. The second-order valence-corrected chi connectivity index (χ2v) is 6.81. The number of halogens is 1. The van der Waals surface area contributed by atoms with E-state index < -0.39 is 0 Å². The Morgan fingerprint density at radius 1 is 1.37 bits per heavy atom. The number of hydrogen-bond donors (Lipinski definition) is 1. The smallest absolute Gasteiger partial charge is 0.232 e.